The summed E-state index contributed by atoms with van der Waals surface area (Å²) in [5, 5.41) is 24.4. The van der Waals surface area contributed by atoms with Gasteiger partial charge >= 0.3 is 6.09 Å². The Hall–Kier alpha value is -3.93. The molecule has 11 heteroatoms. The van der Waals surface area contributed by atoms with Crippen LogP contribution in [0.4, 0.5) is 4.79 Å². The van der Waals surface area contributed by atoms with Crippen LogP contribution in [0, 0.1) is 24.7 Å². The third kappa shape index (κ3) is 9.07. The van der Waals surface area contributed by atoms with Crippen LogP contribution in [0.25, 0.3) is 0 Å². The maximum atomic E-state index is 13.8. The molecule has 0 spiro atoms. The number of aryl methyl sites for hydroxylation is 1. The third-order valence-electron chi connectivity index (χ3n) is 10.6. The van der Waals surface area contributed by atoms with Gasteiger partial charge in [0.05, 0.1) is 30.5 Å². The summed E-state index contributed by atoms with van der Waals surface area (Å²) in [6.07, 6.45) is 9.49. The van der Waals surface area contributed by atoms with Crippen LogP contribution in [0.3, 0.4) is 0 Å². The quantitative estimate of drug-likeness (QED) is 0.0807. The molecule has 0 bridgehead atoms. The van der Waals surface area contributed by atoms with E-state index in [-0.39, 0.29) is 50.1 Å². The minimum atomic E-state index is -1.32. The van der Waals surface area contributed by atoms with Crippen molar-refractivity contribution in [3.63, 3.8) is 0 Å². The van der Waals surface area contributed by atoms with Crippen LogP contribution in [0.5, 0.6) is 11.5 Å². The monoisotopic (exact) mass is 733 g/mol. The number of allylic oxidation sites excluding steroid dienone is 1. The topological polar surface area (TPSA) is 132 Å². The zero-order valence-corrected chi connectivity index (χ0v) is 32.0. The van der Waals surface area contributed by atoms with Crippen molar-refractivity contribution in [3.05, 3.63) is 77.7 Å². The van der Waals surface area contributed by atoms with Crippen LogP contribution in [-0.4, -0.2) is 83.3 Å². The highest BCUT2D eigenvalue weighted by atomic mass is 16.7. The van der Waals surface area contributed by atoms with Crippen molar-refractivity contribution < 1.29 is 38.8 Å². The molecular formula is C42H59N3O8. The van der Waals surface area contributed by atoms with Gasteiger partial charge in [0.25, 0.3) is 0 Å². The Morgan fingerprint density at radius 1 is 1.09 bits per heavy atom. The Morgan fingerprint density at radius 3 is 2.58 bits per heavy atom. The number of carbonyl (C=O) groups excluding carboxylic acids is 1. The van der Waals surface area contributed by atoms with Crippen molar-refractivity contribution in [1.29, 1.82) is 0 Å². The molecule has 2 N–H and O–H groups in total. The number of carbonyl (C=O) groups is 1. The van der Waals surface area contributed by atoms with Gasteiger partial charge in [-0.25, -0.2) is 4.79 Å². The normalized spacial score (nSPS) is 25.1. The van der Waals surface area contributed by atoms with E-state index in [1.807, 2.05) is 58.0 Å². The molecule has 6 atom stereocenters. The molecule has 53 heavy (non-hydrogen) atoms. The van der Waals surface area contributed by atoms with Gasteiger partial charge in [-0.15, -0.1) is 6.58 Å². The first-order chi connectivity index (χ1) is 25.8. The second kappa shape index (κ2) is 19.4. The SMILES string of the molecule is C=CCOC12Oc3ccc(OCc4cccc(C)n4)cc3C3C(CCCCO)C(CCCCO)C=C(C(=NOCC)CC1N(CCC)C(=O)OCC)C32. The highest BCUT2D eigenvalue weighted by Crippen LogP contribution is 2.62. The average Bonchev–Trinajstić information content (AvgIpc) is 3.16. The fourth-order valence-corrected chi connectivity index (χ4v) is 8.54. The molecule has 6 unspecified atom stereocenters. The van der Waals surface area contributed by atoms with Crippen molar-refractivity contribution in [3.8, 4) is 11.5 Å². The van der Waals surface area contributed by atoms with Crippen LogP contribution < -0.4 is 9.47 Å². The fraction of sp³-hybridized carbons (Fsp3) is 0.595. The van der Waals surface area contributed by atoms with Crippen LogP contribution in [0.15, 0.2) is 65.9 Å². The zero-order chi connectivity index (χ0) is 37.8. The molecule has 1 amide bonds. The lowest BCUT2D eigenvalue weighted by molar-refractivity contribution is -0.255. The van der Waals surface area contributed by atoms with Crippen molar-refractivity contribution in [1.82, 2.24) is 9.88 Å². The van der Waals surface area contributed by atoms with Gasteiger partial charge in [-0.3, -0.25) is 9.88 Å². The molecule has 3 aliphatic rings. The number of hydrogen-bond donors (Lipinski definition) is 2. The Bertz CT molecular complexity index is 1580. The lowest BCUT2D eigenvalue weighted by atomic mass is 9.55. The number of ether oxygens (including phenoxy) is 4. The van der Waals surface area contributed by atoms with E-state index in [1.165, 1.54) is 0 Å². The number of pyridine rings is 1. The molecule has 0 saturated heterocycles. The first-order valence-corrected chi connectivity index (χ1v) is 19.5. The molecule has 5 rings (SSSR count). The summed E-state index contributed by atoms with van der Waals surface area (Å²) in [6.45, 7) is 13.5. The van der Waals surface area contributed by atoms with Crippen molar-refractivity contribution in [2.24, 2.45) is 22.9 Å². The van der Waals surface area contributed by atoms with Gasteiger partial charge in [0.15, 0.2) is 0 Å². The molecule has 2 aliphatic carbocycles. The summed E-state index contributed by atoms with van der Waals surface area (Å²) >= 11 is 0. The minimum Gasteiger partial charge on any atom is -0.487 e. The number of oxime groups is 1. The van der Waals surface area contributed by atoms with Crippen LogP contribution >= 0.6 is 0 Å². The number of hydrogen-bond acceptors (Lipinski definition) is 10. The maximum absolute atomic E-state index is 13.8. The number of nitrogens with zero attached hydrogens (tertiary/aromatic N) is 3. The smallest absolute Gasteiger partial charge is 0.410 e. The van der Waals surface area contributed by atoms with Crippen LogP contribution in [-0.2, 0) is 20.9 Å². The largest absolute Gasteiger partial charge is 0.487 e. The molecule has 2 heterocycles. The van der Waals surface area contributed by atoms with Gasteiger partial charge in [0.1, 0.15) is 30.8 Å². The molecule has 1 aromatic carbocycles. The predicted molar refractivity (Wildman–Crippen MR) is 204 cm³/mol. The van der Waals surface area contributed by atoms with E-state index in [9.17, 15) is 15.0 Å². The number of aliphatic hydroxyl groups excluding tert-OH is 2. The standard InChI is InChI=1S/C42H59N3O8/c1-6-21-45(41(48)49-8-3)38-27-36(44-52-9-4)34-25-30(16-10-12-22-46)33(18-11-13-23-47)39-35-26-32(50-28-31-17-14-15-29(5)43-31)19-20-37(35)53-42(38,40(34)39)51-24-7-2/h7,14-15,17,19-20,25-26,30,33,38-40,46-47H,2,6,8-13,16,18,21-24,27-28H2,1,3-5H3. The van der Waals surface area contributed by atoms with Crippen LogP contribution in [0.2, 0.25) is 0 Å². The van der Waals surface area contributed by atoms with Gasteiger partial charge in [0.2, 0.25) is 5.79 Å². The summed E-state index contributed by atoms with van der Waals surface area (Å²) in [6, 6.07) is 11.3. The van der Waals surface area contributed by atoms with Crippen molar-refractivity contribution in [2.45, 2.75) is 103 Å². The van der Waals surface area contributed by atoms with E-state index in [1.54, 1.807) is 11.0 Å². The first kappa shape index (κ1) is 40.3. The summed E-state index contributed by atoms with van der Waals surface area (Å²) in [5.41, 5.74) is 4.53. The molecule has 1 fully saturated rings. The van der Waals surface area contributed by atoms with Crippen LogP contribution in [0.1, 0.15) is 95.0 Å². The molecular weight excluding hydrogens is 674 g/mol. The van der Waals surface area contributed by atoms with E-state index < -0.39 is 17.9 Å². The number of benzene rings is 1. The summed E-state index contributed by atoms with van der Waals surface area (Å²) in [7, 11) is 0. The molecule has 11 nitrogen and oxygen atoms in total. The fourth-order valence-electron chi connectivity index (χ4n) is 8.54. The van der Waals surface area contributed by atoms with Crippen molar-refractivity contribution >= 4 is 11.8 Å². The van der Waals surface area contributed by atoms with E-state index in [4.69, 9.17) is 28.9 Å². The molecule has 1 saturated carbocycles. The number of rotatable bonds is 20. The summed E-state index contributed by atoms with van der Waals surface area (Å²) in [4.78, 5) is 26.0. The predicted octanol–water partition coefficient (Wildman–Crippen LogP) is 7.49. The third-order valence-corrected chi connectivity index (χ3v) is 10.6. The van der Waals surface area contributed by atoms with Crippen molar-refractivity contribution in [2.75, 3.05) is 39.6 Å². The van der Waals surface area contributed by atoms with Gasteiger partial charge in [-0.1, -0.05) is 43.1 Å². The Labute approximate surface area is 315 Å². The lowest BCUT2D eigenvalue weighted by Crippen LogP contribution is -2.70. The highest BCUT2D eigenvalue weighted by molar-refractivity contribution is 6.02. The van der Waals surface area contributed by atoms with Gasteiger partial charge in [0, 0.05) is 43.4 Å². The first-order valence-electron chi connectivity index (χ1n) is 19.5. The summed E-state index contributed by atoms with van der Waals surface area (Å²) in [5.74, 6) is -0.205. The zero-order valence-electron chi connectivity index (χ0n) is 32.0. The Balaban J connectivity index is 1.74. The second-order valence-electron chi connectivity index (χ2n) is 14.1. The van der Waals surface area contributed by atoms with Gasteiger partial charge in [-0.2, -0.15) is 0 Å². The number of amides is 1. The average molecular weight is 734 g/mol. The molecule has 290 valence electrons. The number of aliphatic hydroxyl groups is 2. The van der Waals surface area contributed by atoms with E-state index in [0.29, 0.717) is 56.9 Å². The number of unbranched alkanes of at least 4 members (excludes halogenated alkanes) is 2. The number of aromatic nitrogens is 1. The maximum Gasteiger partial charge on any atom is 0.410 e. The van der Waals surface area contributed by atoms with E-state index in [2.05, 4.69) is 23.7 Å². The van der Waals surface area contributed by atoms with Gasteiger partial charge in [-0.05, 0) is 101 Å². The molecule has 1 aromatic heterocycles. The van der Waals surface area contributed by atoms with E-state index in [0.717, 1.165) is 53.9 Å². The lowest BCUT2D eigenvalue weighted by Gasteiger charge is -2.59. The molecule has 1 aliphatic heterocycles. The molecule has 2 aromatic rings. The number of fused-ring (bicyclic) bond motifs is 2. The van der Waals surface area contributed by atoms with E-state index >= 15 is 0 Å². The molecule has 0 radical (unpaired) electrons. The summed E-state index contributed by atoms with van der Waals surface area (Å²) < 4.78 is 26.2. The minimum absolute atomic E-state index is 0.117. The van der Waals surface area contributed by atoms with Gasteiger partial charge < -0.3 is 34.0 Å². The Kier molecular flexibility index (Phi) is 14.7. The second-order valence-corrected chi connectivity index (χ2v) is 14.1. The Morgan fingerprint density at radius 2 is 1.89 bits per heavy atom. The highest BCUT2D eigenvalue weighted by Gasteiger charge is 2.65.